The van der Waals surface area contributed by atoms with Crippen molar-refractivity contribution in [3.05, 3.63) is 35.9 Å². The number of sulfonamides is 1. The van der Waals surface area contributed by atoms with E-state index >= 15 is 0 Å². The van der Waals surface area contributed by atoms with Gasteiger partial charge in [-0.05, 0) is 32.8 Å². The summed E-state index contributed by atoms with van der Waals surface area (Å²) in [5.74, 6) is 0. The molecule has 0 aliphatic heterocycles. The van der Waals surface area contributed by atoms with Crippen molar-refractivity contribution < 1.29 is 13.5 Å². The molecule has 0 aromatic heterocycles. The second kappa shape index (κ2) is 5.61. The summed E-state index contributed by atoms with van der Waals surface area (Å²) in [6.07, 6.45) is 0.434. The van der Waals surface area contributed by atoms with E-state index < -0.39 is 20.4 Å². The third-order valence-corrected chi connectivity index (χ3v) is 5.39. The highest BCUT2D eigenvalue weighted by Crippen LogP contribution is 2.25. The van der Waals surface area contributed by atoms with Gasteiger partial charge < -0.3 is 5.11 Å². The number of hydrogen-bond acceptors (Lipinski definition) is 3. The van der Waals surface area contributed by atoms with Gasteiger partial charge in [0.1, 0.15) is 5.60 Å². The number of hydrogen-bond donors (Lipinski definition) is 2. The van der Waals surface area contributed by atoms with E-state index in [0.29, 0.717) is 12.0 Å². The summed E-state index contributed by atoms with van der Waals surface area (Å²) in [5.41, 5.74) is -0.464. The zero-order valence-electron chi connectivity index (χ0n) is 12.0. The van der Waals surface area contributed by atoms with Crippen LogP contribution in [-0.2, 0) is 15.6 Å². The Hall–Kier alpha value is -0.910. The van der Waals surface area contributed by atoms with E-state index in [1.165, 1.54) is 0 Å². The van der Waals surface area contributed by atoms with Crippen molar-refractivity contribution in [2.24, 2.45) is 0 Å². The minimum atomic E-state index is -3.46. The molecule has 0 amide bonds. The van der Waals surface area contributed by atoms with Crippen LogP contribution in [0.4, 0.5) is 0 Å². The summed E-state index contributed by atoms with van der Waals surface area (Å²) in [5, 5.41) is 10.6. The van der Waals surface area contributed by atoms with Crippen LogP contribution in [-0.4, -0.2) is 24.8 Å². The van der Waals surface area contributed by atoms with Crippen LogP contribution in [0.25, 0.3) is 0 Å². The molecule has 0 unspecified atom stereocenters. The average Bonchev–Trinajstić information content (AvgIpc) is 2.36. The van der Waals surface area contributed by atoms with Crippen LogP contribution in [0, 0.1) is 0 Å². The summed E-state index contributed by atoms with van der Waals surface area (Å²) in [6, 6.07) is 9.12. The van der Waals surface area contributed by atoms with Crippen molar-refractivity contribution in [1.29, 1.82) is 0 Å². The fourth-order valence-corrected chi connectivity index (χ4v) is 2.47. The fraction of sp³-hybridized carbons (Fsp3) is 0.571. The number of benzene rings is 1. The van der Waals surface area contributed by atoms with Crippen LogP contribution in [0.5, 0.6) is 0 Å². The third-order valence-electron chi connectivity index (χ3n) is 3.26. The second-order valence-electron chi connectivity index (χ2n) is 5.69. The Morgan fingerprint density at radius 2 is 1.68 bits per heavy atom. The molecule has 5 heteroatoms. The first kappa shape index (κ1) is 16.1. The molecule has 2 N–H and O–H groups in total. The van der Waals surface area contributed by atoms with Gasteiger partial charge in [-0.25, -0.2) is 13.1 Å². The van der Waals surface area contributed by atoms with Crippen LogP contribution in [0.2, 0.25) is 0 Å². The summed E-state index contributed by atoms with van der Waals surface area (Å²) in [6.45, 7) is 6.69. The number of nitrogens with one attached hydrogen (secondary N) is 1. The molecule has 0 spiro atoms. The molecule has 0 radical (unpaired) electrons. The first-order valence-corrected chi connectivity index (χ1v) is 7.88. The Bertz CT molecular complexity index is 505. The molecular formula is C14H23NO3S. The van der Waals surface area contributed by atoms with Gasteiger partial charge in [0.2, 0.25) is 10.0 Å². The SMILES string of the molecule is CC[C@@](O)(CNS(=O)(=O)C(C)(C)C)c1ccccc1. The van der Waals surface area contributed by atoms with Crippen LogP contribution in [0.3, 0.4) is 0 Å². The third kappa shape index (κ3) is 3.78. The van der Waals surface area contributed by atoms with E-state index in [4.69, 9.17) is 0 Å². The van der Waals surface area contributed by atoms with Crippen LogP contribution in [0.1, 0.15) is 39.7 Å². The molecule has 4 nitrogen and oxygen atoms in total. The molecule has 1 rings (SSSR count). The molecule has 1 aromatic rings. The molecule has 0 fully saturated rings. The number of aliphatic hydroxyl groups is 1. The van der Waals surface area contributed by atoms with Crippen molar-refractivity contribution in [3.63, 3.8) is 0 Å². The largest absolute Gasteiger partial charge is 0.384 e. The highest BCUT2D eigenvalue weighted by Gasteiger charge is 2.33. The van der Waals surface area contributed by atoms with Crippen molar-refractivity contribution >= 4 is 10.0 Å². The minimum absolute atomic E-state index is 0.0207. The molecule has 0 saturated carbocycles. The van der Waals surface area contributed by atoms with Gasteiger partial charge in [0.05, 0.1) is 4.75 Å². The van der Waals surface area contributed by atoms with E-state index in [9.17, 15) is 13.5 Å². The lowest BCUT2D eigenvalue weighted by Gasteiger charge is -2.29. The number of rotatable bonds is 5. The van der Waals surface area contributed by atoms with Crippen LogP contribution >= 0.6 is 0 Å². The highest BCUT2D eigenvalue weighted by molar-refractivity contribution is 7.90. The van der Waals surface area contributed by atoms with Gasteiger partial charge in [-0.1, -0.05) is 37.3 Å². The standard InChI is InChI=1S/C14H23NO3S/c1-5-14(16,12-9-7-6-8-10-12)11-15-19(17,18)13(2,3)4/h6-10,15-16H,5,11H2,1-4H3/t14-/m1/s1. The predicted molar refractivity (Wildman–Crippen MR) is 77.3 cm³/mol. The normalized spacial score (nSPS) is 16.1. The van der Waals surface area contributed by atoms with E-state index in [0.717, 1.165) is 0 Å². The maximum atomic E-state index is 12.0. The van der Waals surface area contributed by atoms with E-state index in [-0.39, 0.29) is 6.54 Å². The van der Waals surface area contributed by atoms with Crippen LogP contribution in [0.15, 0.2) is 30.3 Å². The maximum absolute atomic E-state index is 12.0. The van der Waals surface area contributed by atoms with Gasteiger partial charge in [0.15, 0.2) is 0 Å². The summed E-state index contributed by atoms with van der Waals surface area (Å²) in [4.78, 5) is 0. The molecule has 0 saturated heterocycles. The molecule has 0 aliphatic carbocycles. The zero-order chi connectivity index (χ0) is 14.7. The Morgan fingerprint density at radius 3 is 2.11 bits per heavy atom. The van der Waals surface area contributed by atoms with Crippen LogP contribution < -0.4 is 4.72 Å². The molecular weight excluding hydrogens is 262 g/mol. The Balaban J connectivity index is 2.91. The minimum Gasteiger partial charge on any atom is -0.384 e. The van der Waals surface area contributed by atoms with Gasteiger partial charge in [0.25, 0.3) is 0 Å². The van der Waals surface area contributed by atoms with Crippen molar-refractivity contribution in [2.45, 2.75) is 44.5 Å². The quantitative estimate of drug-likeness (QED) is 0.869. The van der Waals surface area contributed by atoms with Gasteiger partial charge >= 0.3 is 0 Å². The smallest absolute Gasteiger partial charge is 0.216 e. The van der Waals surface area contributed by atoms with E-state index in [1.54, 1.807) is 32.9 Å². The highest BCUT2D eigenvalue weighted by atomic mass is 32.2. The van der Waals surface area contributed by atoms with Crippen molar-refractivity contribution in [2.75, 3.05) is 6.54 Å². The Kier molecular flexibility index (Phi) is 4.76. The summed E-state index contributed by atoms with van der Waals surface area (Å²) < 4.78 is 25.7. The van der Waals surface area contributed by atoms with Gasteiger partial charge in [-0.2, -0.15) is 0 Å². The van der Waals surface area contributed by atoms with E-state index in [1.807, 2.05) is 25.1 Å². The first-order chi connectivity index (χ1) is 8.62. The Morgan fingerprint density at radius 1 is 1.16 bits per heavy atom. The zero-order valence-corrected chi connectivity index (χ0v) is 12.8. The maximum Gasteiger partial charge on any atom is 0.216 e. The molecule has 19 heavy (non-hydrogen) atoms. The summed E-state index contributed by atoms with van der Waals surface area (Å²) >= 11 is 0. The fourth-order valence-electron chi connectivity index (χ4n) is 1.61. The average molecular weight is 285 g/mol. The van der Waals surface area contributed by atoms with Crippen molar-refractivity contribution in [3.8, 4) is 0 Å². The molecule has 0 bridgehead atoms. The predicted octanol–water partition coefficient (Wildman–Crippen LogP) is 2.00. The lowest BCUT2D eigenvalue weighted by molar-refractivity contribution is 0.0379. The monoisotopic (exact) mass is 285 g/mol. The van der Waals surface area contributed by atoms with Crippen molar-refractivity contribution in [1.82, 2.24) is 4.72 Å². The summed E-state index contributed by atoms with van der Waals surface area (Å²) in [7, 11) is -3.46. The van der Waals surface area contributed by atoms with Gasteiger partial charge in [-0.3, -0.25) is 0 Å². The molecule has 1 aromatic carbocycles. The lowest BCUT2D eigenvalue weighted by Crippen LogP contribution is -2.46. The molecule has 108 valence electrons. The molecule has 0 heterocycles. The van der Waals surface area contributed by atoms with Gasteiger partial charge in [0, 0.05) is 6.54 Å². The lowest BCUT2D eigenvalue weighted by atomic mass is 9.91. The Labute approximate surface area is 115 Å². The second-order valence-corrected chi connectivity index (χ2v) is 8.21. The van der Waals surface area contributed by atoms with E-state index in [2.05, 4.69) is 4.72 Å². The first-order valence-electron chi connectivity index (χ1n) is 6.39. The molecule has 0 aliphatic rings. The van der Waals surface area contributed by atoms with Gasteiger partial charge in [-0.15, -0.1) is 0 Å². The topological polar surface area (TPSA) is 66.4 Å². The molecule has 1 atom stereocenters.